The van der Waals surface area contributed by atoms with Gasteiger partial charge in [-0.2, -0.15) is 0 Å². The largest absolute Gasteiger partial charge is 0.481 e. The van der Waals surface area contributed by atoms with Crippen molar-refractivity contribution < 1.29 is 34.1 Å². The molecule has 9 nitrogen and oxygen atoms in total. The van der Waals surface area contributed by atoms with Gasteiger partial charge in [0, 0.05) is 18.2 Å². The van der Waals surface area contributed by atoms with Crippen LogP contribution in [-0.2, 0) is 19.2 Å². The van der Waals surface area contributed by atoms with Crippen LogP contribution in [-0.4, -0.2) is 46.6 Å². The first-order valence-electron chi connectivity index (χ1n) is 7.13. The first-order valence-corrected chi connectivity index (χ1v) is 7.13. The van der Waals surface area contributed by atoms with E-state index in [1.54, 1.807) is 0 Å². The standard InChI is InChI=1S/C15H16N2O7/c1-8-15(23)17(7-14(21)22)10-3-2-9(6-11(10)24-8)16-12(18)4-5-13(19)20/h2-3,6,8H,4-5,7H2,1H3,(H,16,18)(H,19,20)(H,21,22). The van der Waals surface area contributed by atoms with Crippen LogP contribution in [0.25, 0.3) is 0 Å². The van der Waals surface area contributed by atoms with Crippen LogP contribution in [0.2, 0.25) is 0 Å². The summed E-state index contributed by atoms with van der Waals surface area (Å²) < 4.78 is 5.45. The number of ether oxygens (including phenoxy) is 1. The van der Waals surface area contributed by atoms with Crippen molar-refractivity contribution in [3.63, 3.8) is 0 Å². The SMILES string of the molecule is CC1Oc2cc(NC(=O)CCC(=O)O)ccc2N(CC(=O)O)C1=O. The summed E-state index contributed by atoms with van der Waals surface area (Å²) in [6.45, 7) is 1.00. The van der Waals surface area contributed by atoms with E-state index in [9.17, 15) is 19.2 Å². The molecule has 2 rings (SSSR count). The third-order valence-corrected chi connectivity index (χ3v) is 3.31. The molecule has 0 fully saturated rings. The molecule has 24 heavy (non-hydrogen) atoms. The average Bonchev–Trinajstić information content (AvgIpc) is 2.49. The van der Waals surface area contributed by atoms with Crippen molar-refractivity contribution in [3.8, 4) is 5.75 Å². The number of carboxylic acid groups (broad SMARTS) is 2. The van der Waals surface area contributed by atoms with E-state index in [2.05, 4.69) is 5.32 Å². The molecule has 0 spiro atoms. The van der Waals surface area contributed by atoms with Crippen LogP contribution in [0.15, 0.2) is 18.2 Å². The van der Waals surface area contributed by atoms with Crippen molar-refractivity contribution in [2.45, 2.75) is 25.9 Å². The Bertz CT molecular complexity index is 701. The van der Waals surface area contributed by atoms with Crippen LogP contribution < -0.4 is 15.0 Å². The highest BCUT2D eigenvalue weighted by Gasteiger charge is 2.32. The highest BCUT2D eigenvalue weighted by Crippen LogP contribution is 2.36. The second kappa shape index (κ2) is 6.99. The lowest BCUT2D eigenvalue weighted by atomic mass is 10.1. The molecule has 128 valence electrons. The Labute approximate surface area is 136 Å². The number of carboxylic acids is 2. The topological polar surface area (TPSA) is 133 Å². The number of anilines is 2. The molecule has 3 N–H and O–H groups in total. The number of benzene rings is 1. The maximum atomic E-state index is 12.0. The molecule has 1 heterocycles. The smallest absolute Gasteiger partial charge is 0.323 e. The summed E-state index contributed by atoms with van der Waals surface area (Å²) in [7, 11) is 0. The fraction of sp³-hybridized carbons (Fsp3) is 0.333. The number of amides is 2. The second-order valence-electron chi connectivity index (χ2n) is 5.20. The molecule has 0 aliphatic carbocycles. The number of hydrogen-bond donors (Lipinski definition) is 3. The Balaban J connectivity index is 2.19. The molecule has 1 atom stereocenters. The fourth-order valence-corrected chi connectivity index (χ4v) is 2.23. The predicted molar refractivity (Wildman–Crippen MR) is 82.0 cm³/mol. The molecule has 1 aliphatic heterocycles. The summed E-state index contributed by atoms with van der Waals surface area (Å²) in [4.78, 5) is 46.2. The Hall–Kier alpha value is -3.10. The lowest BCUT2D eigenvalue weighted by Gasteiger charge is -2.32. The molecule has 0 bridgehead atoms. The van der Waals surface area contributed by atoms with Gasteiger partial charge in [0.1, 0.15) is 12.3 Å². The Morgan fingerprint density at radius 3 is 2.54 bits per heavy atom. The first kappa shape index (κ1) is 17.3. The molecule has 1 aliphatic rings. The predicted octanol–water partition coefficient (Wildman–Crippen LogP) is 0.688. The van der Waals surface area contributed by atoms with E-state index in [-0.39, 0.29) is 18.6 Å². The first-order chi connectivity index (χ1) is 11.3. The van der Waals surface area contributed by atoms with E-state index >= 15 is 0 Å². The third kappa shape index (κ3) is 4.00. The van der Waals surface area contributed by atoms with Crippen LogP contribution in [0, 0.1) is 0 Å². The van der Waals surface area contributed by atoms with E-state index in [0.717, 1.165) is 4.90 Å². The third-order valence-electron chi connectivity index (χ3n) is 3.31. The van der Waals surface area contributed by atoms with Gasteiger partial charge in [0.2, 0.25) is 5.91 Å². The molecule has 0 aromatic heterocycles. The number of hydrogen-bond acceptors (Lipinski definition) is 5. The number of aliphatic carboxylic acids is 2. The second-order valence-corrected chi connectivity index (χ2v) is 5.20. The number of carbonyl (C=O) groups is 4. The van der Waals surface area contributed by atoms with Gasteiger partial charge in [-0.15, -0.1) is 0 Å². The van der Waals surface area contributed by atoms with Crippen molar-refractivity contribution in [3.05, 3.63) is 18.2 Å². The van der Waals surface area contributed by atoms with Gasteiger partial charge in [-0.3, -0.25) is 24.1 Å². The van der Waals surface area contributed by atoms with E-state index in [1.807, 2.05) is 0 Å². The van der Waals surface area contributed by atoms with Crippen molar-refractivity contribution in [1.82, 2.24) is 0 Å². The number of nitrogens with one attached hydrogen (secondary N) is 1. The molecular formula is C15H16N2O7. The van der Waals surface area contributed by atoms with Gasteiger partial charge in [-0.1, -0.05) is 0 Å². The molecule has 0 radical (unpaired) electrons. The minimum absolute atomic E-state index is 0.173. The summed E-state index contributed by atoms with van der Waals surface area (Å²) in [5.74, 6) is -2.91. The zero-order valence-corrected chi connectivity index (χ0v) is 12.8. The van der Waals surface area contributed by atoms with Crippen molar-refractivity contribution in [2.75, 3.05) is 16.8 Å². The van der Waals surface area contributed by atoms with Crippen LogP contribution in [0.1, 0.15) is 19.8 Å². The van der Waals surface area contributed by atoms with Crippen LogP contribution in [0.3, 0.4) is 0 Å². The Morgan fingerprint density at radius 1 is 1.21 bits per heavy atom. The van der Waals surface area contributed by atoms with Crippen LogP contribution in [0.4, 0.5) is 11.4 Å². The number of nitrogens with zero attached hydrogens (tertiary/aromatic N) is 1. The highest BCUT2D eigenvalue weighted by atomic mass is 16.5. The molecule has 1 unspecified atom stereocenters. The van der Waals surface area contributed by atoms with Gasteiger partial charge in [0.15, 0.2) is 6.10 Å². The lowest BCUT2D eigenvalue weighted by Crippen LogP contribution is -2.46. The van der Waals surface area contributed by atoms with E-state index < -0.39 is 36.4 Å². The molecule has 0 saturated carbocycles. The van der Waals surface area contributed by atoms with Crippen LogP contribution >= 0.6 is 0 Å². The number of carbonyl (C=O) groups excluding carboxylic acids is 2. The molecular weight excluding hydrogens is 320 g/mol. The van der Waals surface area contributed by atoms with Gasteiger partial charge in [0.25, 0.3) is 5.91 Å². The summed E-state index contributed by atoms with van der Waals surface area (Å²) in [6, 6.07) is 4.42. The van der Waals surface area contributed by atoms with Crippen LogP contribution in [0.5, 0.6) is 5.75 Å². The summed E-state index contributed by atoms with van der Waals surface area (Å²) >= 11 is 0. The fourth-order valence-electron chi connectivity index (χ4n) is 2.23. The normalized spacial score (nSPS) is 16.1. The summed E-state index contributed by atoms with van der Waals surface area (Å²) in [5.41, 5.74) is 0.657. The van der Waals surface area contributed by atoms with Crippen molar-refractivity contribution >= 4 is 35.1 Å². The van der Waals surface area contributed by atoms with Crippen molar-refractivity contribution in [2.24, 2.45) is 0 Å². The monoisotopic (exact) mass is 336 g/mol. The van der Waals surface area contributed by atoms with E-state index in [4.69, 9.17) is 14.9 Å². The Morgan fingerprint density at radius 2 is 1.92 bits per heavy atom. The minimum Gasteiger partial charge on any atom is -0.481 e. The van der Waals surface area contributed by atoms with E-state index in [0.29, 0.717) is 11.4 Å². The maximum Gasteiger partial charge on any atom is 0.323 e. The maximum absolute atomic E-state index is 12.0. The number of rotatable bonds is 6. The van der Waals surface area contributed by atoms with Crippen molar-refractivity contribution in [1.29, 1.82) is 0 Å². The van der Waals surface area contributed by atoms with Gasteiger partial charge >= 0.3 is 11.9 Å². The zero-order valence-electron chi connectivity index (χ0n) is 12.8. The molecule has 0 saturated heterocycles. The number of fused-ring (bicyclic) bond motifs is 1. The van der Waals surface area contributed by atoms with Gasteiger partial charge in [-0.25, -0.2) is 0 Å². The lowest BCUT2D eigenvalue weighted by molar-refractivity contribution is -0.138. The van der Waals surface area contributed by atoms with Gasteiger partial charge < -0.3 is 20.3 Å². The molecule has 2 amide bonds. The summed E-state index contributed by atoms with van der Waals surface area (Å²) in [6.07, 6.45) is -1.31. The average molecular weight is 336 g/mol. The van der Waals surface area contributed by atoms with Gasteiger partial charge in [-0.05, 0) is 19.1 Å². The summed E-state index contributed by atoms with van der Waals surface area (Å²) in [5, 5.41) is 20.0. The highest BCUT2D eigenvalue weighted by molar-refractivity contribution is 6.03. The Kier molecular flexibility index (Phi) is 5.02. The van der Waals surface area contributed by atoms with E-state index in [1.165, 1.54) is 25.1 Å². The molecule has 1 aromatic carbocycles. The molecule has 1 aromatic rings. The minimum atomic E-state index is -1.16. The quantitative estimate of drug-likeness (QED) is 0.696. The molecule has 9 heteroatoms. The zero-order chi connectivity index (χ0) is 17.9. The van der Waals surface area contributed by atoms with Gasteiger partial charge in [0.05, 0.1) is 12.1 Å².